The number of hydrogen-bond donors (Lipinski definition) is 2. The Morgan fingerprint density at radius 2 is 1.90 bits per heavy atom. The molecular weight excluding hydrogens is 382 g/mol. The van der Waals surface area contributed by atoms with Gasteiger partial charge in [0.1, 0.15) is 0 Å². The Morgan fingerprint density at radius 3 is 2.66 bits per heavy atom. The van der Waals surface area contributed by atoms with Crippen LogP contribution in [0.25, 0.3) is 11.0 Å². The summed E-state index contributed by atoms with van der Waals surface area (Å²) in [4.78, 5) is 24.2. The third-order valence-corrected chi connectivity index (χ3v) is 5.31. The van der Waals surface area contributed by atoms with E-state index in [0.29, 0.717) is 11.3 Å². The van der Waals surface area contributed by atoms with Crippen molar-refractivity contribution in [3.8, 4) is 0 Å². The summed E-state index contributed by atoms with van der Waals surface area (Å²) >= 11 is 1.63. The number of aromatic amines is 1. The van der Waals surface area contributed by atoms with Crippen molar-refractivity contribution < 1.29 is 4.79 Å². The molecule has 29 heavy (non-hydrogen) atoms. The van der Waals surface area contributed by atoms with Gasteiger partial charge in [0.15, 0.2) is 5.16 Å². The quantitative estimate of drug-likeness (QED) is 0.285. The molecule has 4 aromatic rings. The smallest absolute Gasteiger partial charge is 0.271 e. The Kier molecular flexibility index (Phi) is 5.67. The number of aromatic nitrogens is 3. The highest BCUT2D eigenvalue weighted by molar-refractivity contribution is 7.98. The largest absolute Gasteiger partial charge is 0.333 e. The van der Waals surface area contributed by atoms with Crippen LogP contribution in [0.1, 0.15) is 28.4 Å². The Balaban J connectivity index is 1.35. The standard InChI is InChI=1S/C22H19N5OS/c1-15(18-5-4-12-23-13-18)26-27-21(28)17-10-8-16(9-11-17)14-29-22-24-19-6-2-3-7-20(19)25-22/h2-13H,14H2,1H3,(H,24,25)(H,27,28). The molecule has 0 fully saturated rings. The number of hydrazone groups is 1. The summed E-state index contributed by atoms with van der Waals surface area (Å²) in [5, 5.41) is 5.03. The number of thioether (sulfide) groups is 1. The van der Waals surface area contributed by atoms with Gasteiger partial charge in [-0.2, -0.15) is 5.10 Å². The average Bonchev–Trinajstić information content (AvgIpc) is 3.20. The number of nitrogens with one attached hydrogen (secondary N) is 2. The number of rotatable bonds is 6. The lowest BCUT2D eigenvalue weighted by Crippen LogP contribution is -2.19. The van der Waals surface area contributed by atoms with Crippen LogP contribution >= 0.6 is 11.8 Å². The van der Waals surface area contributed by atoms with Crippen LogP contribution in [0.4, 0.5) is 0 Å². The molecule has 6 nitrogen and oxygen atoms in total. The zero-order valence-corrected chi connectivity index (χ0v) is 16.6. The van der Waals surface area contributed by atoms with Crippen molar-refractivity contribution in [1.82, 2.24) is 20.4 Å². The molecule has 0 aliphatic heterocycles. The van der Waals surface area contributed by atoms with E-state index in [-0.39, 0.29) is 5.91 Å². The minimum Gasteiger partial charge on any atom is -0.333 e. The van der Waals surface area contributed by atoms with Crippen LogP contribution < -0.4 is 5.43 Å². The first-order chi connectivity index (χ1) is 14.2. The van der Waals surface area contributed by atoms with Gasteiger partial charge >= 0.3 is 0 Å². The number of imidazole rings is 1. The molecule has 0 atom stereocenters. The maximum atomic E-state index is 12.3. The Bertz CT molecular complexity index is 1120. The number of hydrogen-bond acceptors (Lipinski definition) is 5. The van der Waals surface area contributed by atoms with Crippen LogP contribution in [0.15, 0.2) is 83.3 Å². The number of carbonyl (C=O) groups excluding carboxylic acids is 1. The topological polar surface area (TPSA) is 83.0 Å². The molecule has 0 aliphatic rings. The summed E-state index contributed by atoms with van der Waals surface area (Å²) in [6.45, 7) is 1.83. The van der Waals surface area contributed by atoms with Gasteiger partial charge in [-0.1, -0.05) is 42.1 Å². The Hall–Kier alpha value is -3.45. The zero-order chi connectivity index (χ0) is 20.1. The van der Waals surface area contributed by atoms with Gasteiger partial charge in [0, 0.05) is 29.3 Å². The SMILES string of the molecule is CC(=NNC(=O)c1ccc(CSc2nc3ccccc3[nH]2)cc1)c1cccnc1. The zero-order valence-electron chi connectivity index (χ0n) is 15.8. The van der Waals surface area contributed by atoms with E-state index in [2.05, 4.69) is 25.5 Å². The van der Waals surface area contributed by atoms with Crippen LogP contribution in [-0.2, 0) is 5.75 Å². The average molecular weight is 401 g/mol. The third kappa shape index (κ3) is 4.70. The second-order valence-electron chi connectivity index (χ2n) is 6.42. The van der Waals surface area contributed by atoms with Gasteiger partial charge in [-0.3, -0.25) is 9.78 Å². The molecular formula is C22H19N5OS. The number of nitrogens with zero attached hydrogens (tertiary/aromatic N) is 3. The van der Waals surface area contributed by atoms with E-state index in [9.17, 15) is 4.79 Å². The Labute approximate surface area is 172 Å². The third-order valence-electron chi connectivity index (χ3n) is 4.36. The maximum Gasteiger partial charge on any atom is 0.271 e. The number of amides is 1. The molecule has 2 heterocycles. The molecule has 0 spiro atoms. The van der Waals surface area contributed by atoms with Gasteiger partial charge in [0.25, 0.3) is 5.91 Å². The molecule has 2 aromatic carbocycles. The molecule has 0 unspecified atom stereocenters. The summed E-state index contributed by atoms with van der Waals surface area (Å²) in [6, 6.07) is 19.2. The monoisotopic (exact) mass is 401 g/mol. The fourth-order valence-electron chi connectivity index (χ4n) is 2.74. The van der Waals surface area contributed by atoms with Gasteiger partial charge in [-0.05, 0) is 42.8 Å². The van der Waals surface area contributed by atoms with E-state index in [1.54, 1.807) is 36.3 Å². The minimum atomic E-state index is -0.246. The molecule has 7 heteroatoms. The predicted molar refractivity (Wildman–Crippen MR) is 116 cm³/mol. The van der Waals surface area contributed by atoms with E-state index >= 15 is 0 Å². The van der Waals surface area contributed by atoms with E-state index in [1.807, 2.05) is 55.5 Å². The van der Waals surface area contributed by atoms with Gasteiger partial charge < -0.3 is 4.98 Å². The highest BCUT2D eigenvalue weighted by Gasteiger charge is 2.07. The Morgan fingerprint density at radius 1 is 1.07 bits per heavy atom. The fraction of sp³-hybridized carbons (Fsp3) is 0.0909. The summed E-state index contributed by atoms with van der Waals surface area (Å²) in [5.41, 5.74) is 7.82. The lowest BCUT2D eigenvalue weighted by Gasteiger charge is -2.04. The van der Waals surface area contributed by atoms with E-state index in [4.69, 9.17) is 0 Å². The summed E-state index contributed by atoms with van der Waals surface area (Å²) in [5.74, 6) is 0.518. The fourth-order valence-corrected chi connectivity index (χ4v) is 3.58. The van der Waals surface area contributed by atoms with Crippen molar-refractivity contribution in [1.29, 1.82) is 0 Å². The van der Waals surface area contributed by atoms with Crippen LogP contribution in [0.5, 0.6) is 0 Å². The highest BCUT2D eigenvalue weighted by Crippen LogP contribution is 2.23. The van der Waals surface area contributed by atoms with Gasteiger partial charge in [-0.25, -0.2) is 10.4 Å². The lowest BCUT2D eigenvalue weighted by molar-refractivity contribution is 0.0955. The first-order valence-electron chi connectivity index (χ1n) is 9.10. The number of fused-ring (bicyclic) bond motifs is 1. The summed E-state index contributed by atoms with van der Waals surface area (Å²) in [7, 11) is 0. The first kappa shape index (κ1) is 18.9. The summed E-state index contributed by atoms with van der Waals surface area (Å²) < 4.78 is 0. The lowest BCUT2D eigenvalue weighted by atomic mass is 10.1. The second-order valence-corrected chi connectivity index (χ2v) is 7.39. The van der Waals surface area contributed by atoms with E-state index < -0.39 is 0 Å². The highest BCUT2D eigenvalue weighted by atomic mass is 32.2. The molecule has 4 rings (SSSR count). The predicted octanol–water partition coefficient (Wildman–Crippen LogP) is 4.40. The molecule has 0 aliphatic carbocycles. The normalized spacial score (nSPS) is 11.6. The number of pyridine rings is 1. The minimum absolute atomic E-state index is 0.246. The van der Waals surface area contributed by atoms with Gasteiger partial charge in [0.2, 0.25) is 0 Å². The first-order valence-corrected chi connectivity index (χ1v) is 10.1. The summed E-state index contributed by atoms with van der Waals surface area (Å²) in [6.07, 6.45) is 3.41. The van der Waals surface area contributed by atoms with Crippen molar-refractivity contribution in [3.63, 3.8) is 0 Å². The van der Waals surface area contributed by atoms with E-state index in [1.165, 1.54) is 0 Å². The van der Waals surface area contributed by atoms with Crippen molar-refractivity contribution in [3.05, 3.63) is 89.7 Å². The second kappa shape index (κ2) is 8.70. The number of benzene rings is 2. The number of carbonyl (C=O) groups is 1. The molecule has 0 bridgehead atoms. The number of H-pyrrole nitrogens is 1. The van der Waals surface area contributed by atoms with Crippen LogP contribution in [0.3, 0.4) is 0 Å². The number of para-hydroxylation sites is 2. The molecule has 1 amide bonds. The molecule has 2 N–H and O–H groups in total. The molecule has 0 radical (unpaired) electrons. The van der Waals surface area contributed by atoms with Crippen LogP contribution in [0.2, 0.25) is 0 Å². The molecule has 2 aromatic heterocycles. The molecule has 0 saturated heterocycles. The van der Waals surface area contributed by atoms with Crippen molar-refractivity contribution in [2.75, 3.05) is 0 Å². The van der Waals surface area contributed by atoms with Crippen molar-refractivity contribution >= 4 is 34.4 Å². The van der Waals surface area contributed by atoms with Crippen LogP contribution in [-0.4, -0.2) is 26.6 Å². The van der Waals surface area contributed by atoms with Gasteiger partial charge in [0.05, 0.1) is 16.7 Å². The van der Waals surface area contributed by atoms with E-state index in [0.717, 1.165) is 33.1 Å². The van der Waals surface area contributed by atoms with Crippen molar-refractivity contribution in [2.45, 2.75) is 17.8 Å². The van der Waals surface area contributed by atoms with Crippen molar-refractivity contribution in [2.24, 2.45) is 5.10 Å². The van der Waals surface area contributed by atoms with Crippen LogP contribution in [0, 0.1) is 0 Å². The molecule has 144 valence electrons. The molecule has 0 saturated carbocycles. The maximum absolute atomic E-state index is 12.3. The van der Waals surface area contributed by atoms with Gasteiger partial charge in [-0.15, -0.1) is 0 Å².